The van der Waals surface area contributed by atoms with Crippen LogP contribution in [0.25, 0.3) is 0 Å². The van der Waals surface area contributed by atoms with Crippen molar-refractivity contribution in [3.8, 4) is 0 Å². The largest absolute Gasteiger partial charge is 0.351 e. The third-order valence-corrected chi connectivity index (χ3v) is 2.90. The third-order valence-electron chi connectivity index (χ3n) is 2.90. The van der Waals surface area contributed by atoms with E-state index in [9.17, 15) is 4.79 Å². The van der Waals surface area contributed by atoms with Crippen LogP contribution in [0.2, 0.25) is 0 Å². The van der Waals surface area contributed by atoms with Crippen LogP contribution in [0.15, 0.2) is 10.7 Å². The molecular formula is C11H17N3O2. The number of rotatable bonds is 3. The molecule has 1 aromatic rings. The molecule has 2 N–H and O–H groups in total. The summed E-state index contributed by atoms with van der Waals surface area (Å²) >= 11 is 0. The molecule has 1 amide bonds. The van der Waals surface area contributed by atoms with E-state index in [1.807, 2.05) is 6.92 Å². The molecule has 1 atom stereocenters. The SMILES string of the molecule is Cc1cnoc1C(=O)NCC1CCCNC1. The van der Waals surface area contributed by atoms with Crippen LogP contribution < -0.4 is 10.6 Å². The van der Waals surface area contributed by atoms with Crippen molar-refractivity contribution in [1.82, 2.24) is 15.8 Å². The lowest BCUT2D eigenvalue weighted by Crippen LogP contribution is -2.38. The summed E-state index contributed by atoms with van der Waals surface area (Å²) in [7, 11) is 0. The Labute approximate surface area is 94.6 Å². The fourth-order valence-corrected chi connectivity index (χ4v) is 1.92. The maximum atomic E-state index is 11.7. The number of hydrogen-bond donors (Lipinski definition) is 2. The Hall–Kier alpha value is -1.36. The molecule has 1 unspecified atom stereocenters. The van der Waals surface area contributed by atoms with Gasteiger partial charge in [0.25, 0.3) is 5.91 Å². The van der Waals surface area contributed by atoms with E-state index in [1.54, 1.807) is 6.20 Å². The van der Waals surface area contributed by atoms with Crippen LogP contribution in [0, 0.1) is 12.8 Å². The van der Waals surface area contributed by atoms with Crippen molar-refractivity contribution in [2.45, 2.75) is 19.8 Å². The van der Waals surface area contributed by atoms with E-state index < -0.39 is 0 Å². The van der Waals surface area contributed by atoms with Gasteiger partial charge in [0.2, 0.25) is 5.76 Å². The lowest BCUT2D eigenvalue weighted by Gasteiger charge is -2.22. The molecule has 0 spiro atoms. The minimum atomic E-state index is -0.166. The number of amides is 1. The topological polar surface area (TPSA) is 67.2 Å². The Bertz CT molecular complexity index is 356. The predicted octanol–water partition coefficient (Wildman–Crippen LogP) is 0.712. The second-order valence-electron chi connectivity index (χ2n) is 4.26. The number of carbonyl (C=O) groups is 1. The summed E-state index contributed by atoms with van der Waals surface area (Å²) in [5, 5.41) is 9.79. The summed E-state index contributed by atoms with van der Waals surface area (Å²) in [4.78, 5) is 11.7. The van der Waals surface area contributed by atoms with E-state index >= 15 is 0 Å². The first-order chi connectivity index (χ1) is 7.77. The molecule has 5 heteroatoms. The second-order valence-corrected chi connectivity index (χ2v) is 4.26. The lowest BCUT2D eigenvalue weighted by atomic mass is 10.00. The normalized spacial score (nSPS) is 20.7. The lowest BCUT2D eigenvalue weighted by molar-refractivity contribution is 0.0907. The van der Waals surface area contributed by atoms with Gasteiger partial charge in [-0.1, -0.05) is 5.16 Å². The van der Waals surface area contributed by atoms with Crippen LogP contribution in [-0.2, 0) is 0 Å². The van der Waals surface area contributed by atoms with Crippen LogP contribution in [0.3, 0.4) is 0 Å². The third kappa shape index (κ3) is 2.61. The number of nitrogens with one attached hydrogen (secondary N) is 2. The Balaban J connectivity index is 1.81. The zero-order chi connectivity index (χ0) is 11.4. The summed E-state index contributed by atoms with van der Waals surface area (Å²) in [5.41, 5.74) is 0.777. The Morgan fingerprint density at radius 2 is 2.62 bits per heavy atom. The zero-order valence-corrected chi connectivity index (χ0v) is 9.45. The van der Waals surface area contributed by atoms with Crippen LogP contribution in [0.5, 0.6) is 0 Å². The van der Waals surface area contributed by atoms with Gasteiger partial charge < -0.3 is 15.2 Å². The molecule has 1 aliphatic rings. The van der Waals surface area contributed by atoms with Crippen molar-refractivity contribution in [3.05, 3.63) is 17.5 Å². The van der Waals surface area contributed by atoms with Gasteiger partial charge >= 0.3 is 0 Å². The van der Waals surface area contributed by atoms with E-state index in [4.69, 9.17) is 4.52 Å². The molecule has 2 rings (SSSR count). The Morgan fingerprint density at radius 3 is 3.25 bits per heavy atom. The standard InChI is InChI=1S/C11H17N3O2/c1-8-5-14-16-10(8)11(15)13-7-9-3-2-4-12-6-9/h5,9,12H,2-4,6-7H2,1H3,(H,13,15). The predicted molar refractivity (Wildman–Crippen MR) is 59.2 cm³/mol. The highest BCUT2D eigenvalue weighted by Gasteiger charge is 2.17. The summed E-state index contributed by atoms with van der Waals surface area (Å²) in [6, 6.07) is 0. The van der Waals surface area contributed by atoms with Crippen molar-refractivity contribution >= 4 is 5.91 Å². The smallest absolute Gasteiger partial charge is 0.290 e. The fraction of sp³-hybridized carbons (Fsp3) is 0.636. The van der Waals surface area contributed by atoms with Gasteiger partial charge in [0.1, 0.15) is 0 Å². The number of piperidine rings is 1. The van der Waals surface area contributed by atoms with E-state index in [1.165, 1.54) is 12.8 Å². The fourth-order valence-electron chi connectivity index (χ4n) is 1.92. The first-order valence-corrected chi connectivity index (χ1v) is 5.67. The van der Waals surface area contributed by atoms with Crippen LogP contribution in [-0.4, -0.2) is 30.7 Å². The summed E-state index contributed by atoms with van der Waals surface area (Å²) in [6.45, 7) is 4.58. The molecule has 1 aromatic heterocycles. The first kappa shape index (κ1) is 11.1. The van der Waals surface area contributed by atoms with E-state index in [0.29, 0.717) is 18.2 Å². The molecule has 16 heavy (non-hydrogen) atoms. The average Bonchev–Trinajstić information content (AvgIpc) is 2.74. The first-order valence-electron chi connectivity index (χ1n) is 5.67. The van der Waals surface area contributed by atoms with Crippen molar-refractivity contribution in [3.63, 3.8) is 0 Å². The quantitative estimate of drug-likeness (QED) is 0.792. The second kappa shape index (κ2) is 5.12. The summed E-state index contributed by atoms with van der Waals surface area (Å²) in [6.07, 6.45) is 3.90. The molecule has 0 radical (unpaired) electrons. The van der Waals surface area contributed by atoms with Crippen LogP contribution in [0.1, 0.15) is 29.0 Å². The zero-order valence-electron chi connectivity index (χ0n) is 9.45. The number of aryl methyl sites for hydroxylation is 1. The van der Waals surface area contributed by atoms with Gasteiger partial charge in [0.05, 0.1) is 6.20 Å². The highest BCUT2D eigenvalue weighted by molar-refractivity contribution is 5.92. The van der Waals surface area contributed by atoms with Crippen molar-refractivity contribution in [2.75, 3.05) is 19.6 Å². The van der Waals surface area contributed by atoms with E-state index in [0.717, 1.165) is 18.7 Å². The minimum Gasteiger partial charge on any atom is -0.351 e. The maximum absolute atomic E-state index is 11.7. The monoisotopic (exact) mass is 223 g/mol. The molecule has 5 nitrogen and oxygen atoms in total. The van der Waals surface area contributed by atoms with Gasteiger partial charge in [0.15, 0.2) is 0 Å². The van der Waals surface area contributed by atoms with Crippen LogP contribution >= 0.6 is 0 Å². The molecule has 0 bridgehead atoms. The van der Waals surface area contributed by atoms with Gasteiger partial charge in [-0.25, -0.2) is 0 Å². The van der Waals surface area contributed by atoms with E-state index in [2.05, 4.69) is 15.8 Å². The Kier molecular flexibility index (Phi) is 3.56. The molecule has 0 aromatic carbocycles. The number of nitrogens with zero attached hydrogens (tertiary/aromatic N) is 1. The molecule has 2 heterocycles. The maximum Gasteiger partial charge on any atom is 0.290 e. The molecule has 0 saturated carbocycles. The van der Waals surface area contributed by atoms with Gasteiger partial charge in [0, 0.05) is 12.1 Å². The highest BCUT2D eigenvalue weighted by Crippen LogP contribution is 2.09. The van der Waals surface area contributed by atoms with Gasteiger partial charge in [-0.05, 0) is 38.8 Å². The minimum absolute atomic E-state index is 0.166. The molecular weight excluding hydrogens is 206 g/mol. The Morgan fingerprint density at radius 1 is 1.75 bits per heavy atom. The molecule has 88 valence electrons. The van der Waals surface area contributed by atoms with Crippen molar-refractivity contribution in [2.24, 2.45) is 5.92 Å². The average molecular weight is 223 g/mol. The van der Waals surface area contributed by atoms with Gasteiger partial charge in [-0.3, -0.25) is 4.79 Å². The number of carbonyl (C=O) groups excluding carboxylic acids is 1. The van der Waals surface area contributed by atoms with E-state index in [-0.39, 0.29) is 5.91 Å². The molecule has 1 aliphatic heterocycles. The highest BCUT2D eigenvalue weighted by atomic mass is 16.5. The van der Waals surface area contributed by atoms with Crippen LogP contribution in [0.4, 0.5) is 0 Å². The summed E-state index contributed by atoms with van der Waals surface area (Å²) < 4.78 is 4.89. The molecule has 0 aliphatic carbocycles. The van der Waals surface area contributed by atoms with Crippen molar-refractivity contribution in [1.29, 1.82) is 0 Å². The molecule has 1 saturated heterocycles. The van der Waals surface area contributed by atoms with Gasteiger partial charge in [-0.2, -0.15) is 0 Å². The summed E-state index contributed by atoms with van der Waals surface area (Å²) in [5.74, 6) is 0.685. The number of hydrogen-bond acceptors (Lipinski definition) is 4. The van der Waals surface area contributed by atoms with Gasteiger partial charge in [-0.15, -0.1) is 0 Å². The molecule has 1 fully saturated rings. The number of aromatic nitrogens is 1. The van der Waals surface area contributed by atoms with Crippen molar-refractivity contribution < 1.29 is 9.32 Å².